The lowest BCUT2D eigenvalue weighted by Crippen LogP contribution is -2.23. The summed E-state index contributed by atoms with van der Waals surface area (Å²) in [5.41, 5.74) is 0. The molecule has 1 heterocycles. The first kappa shape index (κ1) is 7.98. The van der Waals surface area contributed by atoms with E-state index in [0.29, 0.717) is 5.92 Å². The Labute approximate surface area is 61.6 Å². The summed E-state index contributed by atoms with van der Waals surface area (Å²) < 4.78 is 5.18. The smallest absolute Gasteiger partial charge is 0.0760 e. The van der Waals surface area contributed by atoms with Gasteiger partial charge in [-0.2, -0.15) is 0 Å². The molecule has 0 saturated carbocycles. The van der Waals surface area contributed by atoms with Crippen molar-refractivity contribution in [3.8, 4) is 0 Å². The van der Waals surface area contributed by atoms with Gasteiger partial charge in [-0.1, -0.05) is 0 Å². The van der Waals surface area contributed by atoms with E-state index in [1.54, 1.807) is 7.11 Å². The van der Waals surface area contributed by atoms with Gasteiger partial charge >= 0.3 is 0 Å². The molecule has 0 aromatic heterocycles. The number of methoxy groups -OCH3 is 1. The largest absolute Gasteiger partial charge is 0.396 e. The predicted octanol–water partition coefficient (Wildman–Crippen LogP) is -0.445. The number of hydrogen-bond donors (Lipinski definition) is 1. The second-order valence-electron chi connectivity index (χ2n) is 2.94. The maximum atomic E-state index is 8.88. The highest BCUT2D eigenvalue weighted by Crippen LogP contribution is 2.16. The molecule has 60 valence electrons. The Kier molecular flexibility index (Phi) is 2.65. The van der Waals surface area contributed by atoms with Crippen molar-refractivity contribution in [1.82, 2.24) is 4.90 Å². The molecule has 1 aliphatic heterocycles. The summed E-state index contributed by atoms with van der Waals surface area (Å²) in [5, 5.41) is 8.88. The molecule has 0 radical (unpaired) electrons. The molecule has 0 amide bonds. The van der Waals surface area contributed by atoms with Crippen molar-refractivity contribution >= 4 is 0 Å². The van der Waals surface area contributed by atoms with E-state index in [-0.39, 0.29) is 12.7 Å². The van der Waals surface area contributed by atoms with Crippen LogP contribution in [0, 0.1) is 5.92 Å². The first-order valence-corrected chi connectivity index (χ1v) is 3.60. The van der Waals surface area contributed by atoms with E-state index in [2.05, 4.69) is 4.90 Å². The topological polar surface area (TPSA) is 32.7 Å². The number of likely N-dealkylation sites (N-methyl/N-ethyl adjacent to an activating group) is 1. The highest BCUT2D eigenvalue weighted by molar-refractivity contribution is 4.82. The second kappa shape index (κ2) is 3.32. The third-order valence-corrected chi connectivity index (χ3v) is 2.10. The molecule has 10 heavy (non-hydrogen) atoms. The Morgan fingerprint density at radius 3 is 2.70 bits per heavy atom. The zero-order chi connectivity index (χ0) is 7.56. The minimum atomic E-state index is 0.231. The summed E-state index contributed by atoms with van der Waals surface area (Å²) in [6.07, 6.45) is 0.231. The lowest BCUT2D eigenvalue weighted by Gasteiger charge is -2.12. The summed E-state index contributed by atoms with van der Waals surface area (Å²) in [5.74, 6) is 0.315. The Balaban J connectivity index is 2.41. The van der Waals surface area contributed by atoms with Crippen LogP contribution in [-0.4, -0.2) is 50.0 Å². The van der Waals surface area contributed by atoms with Gasteiger partial charge in [0.25, 0.3) is 0 Å². The van der Waals surface area contributed by atoms with Gasteiger partial charge in [0.2, 0.25) is 0 Å². The molecule has 2 atom stereocenters. The van der Waals surface area contributed by atoms with Gasteiger partial charge in [0.15, 0.2) is 0 Å². The summed E-state index contributed by atoms with van der Waals surface area (Å²) in [4.78, 5) is 2.18. The predicted molar refractivity (Wildman–Crippen MR) is 38.9 cm³/mol. The first-order valence-electron chi connectivity index (χ1n) is 3.60. The van der Waals surface area contributed by atoms with Gasteiger partial charge in [-0.3, -0.25) is 0 Å². The van der Waals surface area contributed by atoms with Crippen molar-refractivity contribution in [3.63, 3.8) is 0 Å². The number of ether oxygens (including phenoxy) is 1. The zero-order valence-corrected chi connectivity index (χ0v) is 6.58. The molecule has 3 heteroatoms. The van der Waals surface area contributed by atoms with E-state index >= 15 is 0 Å². The van der Waals surface area contributed by atoms with Crippen LogP contribution in [0.5, 0.6) is 0 Å². The van der Waals surface area contributed by atoms with Gasteiger partial charge in [-0.15, -0.1) is 0 Å². The molecule has 0 aliphatic carbocycles. The second-order valence-corrected chi connectivity index (χ2v) is 2.94. The number of hydrogen-bond acceptors (Lipinski definition) is 3. The number of rotatable bonds is 2. The Morgan fingerprint density at radius 2 is 2.30 bits per heavy atom. The Morgan fingerprint density at radius 1 is 1.60 bits per heavy atom. The summed E-state index contributed by atoms with van der Waals surface area (Å²) >= 11 is 0. The molecule has 1 saturated heterocycles. The van der Waals surface area contributed by atoms with Crippen LogP contribution < -0.4 is 0 Å². The number of aliphatic hydroxyl groups is 1. The van der Waals surface area contributed by atoms with Gasteiger partial charge in [-0.25, -0.2) is 0 Å². The molecular formula is C7H15NO2. The van der Waals surface area contributed by atoms with E-state index in [1.165, 1.54) is 0 Å². The standard InChI is InChI=1S/C7H15NO2/c1-8-3-6(5-9)7(4-8)10-2/h6-7,9H,3-5H2,1-2H3. The normalized spacial score (nSPS) is 35.1. The summed E-state index contributed by atoms with van der Waals surface area (Å²) in [7, 11) is 3.74. The van der Waals surface area contributed by atoms with Crippen LogP contribution in [0.4, 0.5) is 0 Å². The Hall–Kier alpha value is -0.120. The third kappa shape index (κ3) is 1.48. The Bertz CT molecular complexity index is 95.8. The molecule has 3 nitrogen and oxygen atoms in total. The van der Waals surface area contributed by atoms with E-state index in [1.807, 2.05) is 7.05 Å². The maximum absolute atomic E-state index is 8.88. The fraction of sp³-hybridized carbons (Fsp3) is 1.00. The SMILES string of the molecule is COC1CN(C)CC1CO. The molecule has 1 N–H and O–H groups in total. The molecular weight excluding hydrogens is 130 g/mol. The van der Waals surface area contributed by atoms with Crippen molar-refractivity contribution in [2.24, 2.45) is 5.92 Å². The van der Waals surface area contributed by atoms with Gasteiger partial charge in [0, 0.05) is 32.7 Å². The van der Waals surface area contributed by atoms with Crippen molar-refractivity contribution < 1.29 is 9.84 Å². The maximum Gasteiger partial charge on any atom is 0.0760 e. The van der Waals surface area contributed by atoms with Crippen LogP contribution in [0.3, 0.4) is 0 Å². The summed E-state index contributed by atoms with van der Waals surface area (Å²) in [6, 6.07) is 0. The van der Waals surface area contributed by atoms with Crippen LogP contribution in [0.25, 0.3) is 0 Å². The fourth-order valence-electron chi connectivity index (χ4n) is 1.49. The highest BCUT2D eigenvalue weighted by atomic mass is 16.5. The average Bonchev–Trinajstić information content (AvgIpc) is 2.30. The lowest BCUT2D eigenvalue weighted by molar-refractivity contribution is 0.0563. The van der Waals surface area contributed by atoms with Crippen LogP contribution in [0.15, 0.2) is 0 Å². The van der Waals surface area contributed by atoms with Crippen LogP contribution in [0.2, 0.25) is 0 Å². The average molecular weight is 145 g/mol. The van der Waals surface area contributed by atoms with Crippen molar-refractivity contribution in [1.29, 1.82) is 0 Å². The van der Waals surface area contributed by atoms with Crippen molar-refractivity contribution in [2.75, 3.05) is 33.9 Å². The molecule has 1 rings (SSSR count). The molecule has 0 aromatic rings. The van der Waals surface area contributed by atoms with Crippen molar-refractivity contribution in [2.45, 2.75) is 6.10 Å². The van der Waals surface area contributed by atoms with Crippen LogP contribution in [-0.2, 0) is 4.74 Å². The monoisotopic (exact) mass is 145 g/mol. The molecule has 0 aromatic carbocycles. The minimum Gasteiger partial charge on any atom is -0.396 e. The molecule has 1 aliphatic rings. The van der Waals surface area contributed by atoms with E-state index in [9.17, 15) is 0 Å². The number of nitrogens with zero attached hydrogens (tertiary/aromatic N) is 1. The molecule has 2 unspecified atom stereocenters. The quantitative estimate of drug-likeness (QED) is 0.571. The van der Waals surface area contributed by atoms with Crippen LogP contribution >= 0.6 is 0 Å². The van der Waals surface area contributed by atoms with E-state index in [4.69, 9.17) is 9.84 Å². The van der Waals surface area contributed by atoms with Crippen molar-refractivity contribution in [3.05, 3.63) is 0 Å². The molecule has 0 spiro atoms. The highest BCUT2D eigenvalue weighted by Gasteiger charge is 2.29. The van der Waals surface area contributed by atoms with E-state index < -0.39 is 0 Å². The number of likely N-dealkylation sites (tertiary alicyclic amines) is 1. The molecule has 1 fully saturated rings. The third-order valence-electron chi connectivity index (χ3n) is 2.10. The number of aliphatic hydroxyl groups excluding tert-OH is 1. The van der Waals surface area contributed by atoms with Gasteiger partial charge in [0.05, 0.1) is 6.10 Å². The summed E-state index contributed by atoms with van der Waals surface area (Å²) in [6.45, 7) is 2.14. The van der Waals surface area contributed by atoms with Gasteiger partial charge in [0.1, 0.15) is 0 Å². The first-order chi connectivity index (χ1) is 4.77. The van der Waals surface area contributed by atoms with Crippen LogP contribution in [0.1, 0.15) is 0 Å². The van der Waals surface area contributed by atoms with Gasteiger partial charge < -0.3 is 14.7 Å². The minimum absolute atomic E-state index is 0.231. The van der Waals surface area contributed by atoms with Gasteiger partial charge in [-0.05, 0) is 7.05 Å². The molecule has 0 bridgehead atoms. The van der Waals surface area contributed by atoms with E-state index in [0.717, 1.165) is 13.1 Å². The zero-order valence-electron chi connectivity index (χ0n) is 6.58. The lowest BCUT2D eigenvalue weighted by atomic mass is 10.1. The fourth-order valence-corrected chi connectivity index (χ4v) is 1.49.